The molecular formula is C18H16ClN3OS. The monoisotopic (exact) mass is 357 g/mol. The zero-order valence-electron chi connectivity index (χ0n) is 12.9. The standard InChI is InChI=1S/C18H16ClN3OS/c19-13-4-1-5-14(12-13)20-18(23)22-10-9-21-8-2-6-15(21)17(22)16-7-3-11-24-16/h1-8,11-12,17H,9-10H2,(H,20,23). The first kappa shape index (κ1) is 15.3. The van der Waals surface area contributed by atoms with Gasteiger partial charge in [0.25, 0.3) is 0 Å². The van der Waals surface area contributed by atoms with Crippen LogP contribution in [0.5, 0.6) is 0 Å². The Morgan fingerprint density at radius 3 is 2.88 bits per heavy atom. The quantitative estimate of drug-likeness (QED) is 0.700. The molecule has 1 aliphatic rings. The largest absolute Gasteiger partial charge is 0.347 e. The molecule has 1 unspecified atom stereocenters. The molecule has 3 heterocycles. The summed E-state index contributed by atoms with van der Waals surface area (Å²) < 4.78 is 2.22. The van der Waals surface area contributed by atoms with Crippen molar-refractivity contribution >= 4 is 34.7 Å². The van der Waals surface area contributed by atoms with Crippen LogP contribution in [0.2, 0.25) is 5.02 Å². The second kappa shape index (κ2) is 6.34. The Bertz CT molecular complexity index is 859. The lowest BCUT2D eigenvalue weighted by Crippen LogP contribution is -2.44. The highest BCUT2D eigenvalue weighted by Gasteiger charge is 2.32. The number of nitrogens with zero attached hydrogens (tertiary/aromatic N) is 2. The molecule has 6 heteroatoms. The third-order valence-electron chi connectivity index (χ3n) is 4.19. The van der Waals surface area contributed by atoms with Crippen LogP contribution in [0.4, 0.5) is 10.5 Å². The maximum absolute atomic E-state index is 12.9. The second-order valence-corrected chi connectivity index (χ2v) is 7.09. The molecule has 4 nitrogen and oxygen atoms in total. The summed E-state index contributed by atoms with van der Waals surface area (Å²) >= 11 is 7.68. The van der Waals surface area contributed by atoms with E-state index in [-0.39, 0.29) is 12.1 Å². The van der Waals surface area contributed by atoms with Crippen LogP contribution >= 0.6 is 22.9 Å². The van der Waals surface area contributed by atoms with Gasteiger partial charge in [0.15, 0.2) is 0 Å². The number of carbonyl (C=O) groups is 1. The lowest BCUT2D eigenvalue weighted by atomic mass is 10.1. The Balaban J connectivity index is 1.65. The van der Waals surface area contributed by atoms with E-state index in [2.05, 4.69) is 28.2 Å². The zero-order valence-corrected chi connectivity index (χ0v) is 14.4. The van der Waals surface area contributed by atoms with Gasteiger partial charge in [0.1, 0.15) is 6.04 Å². The summed E-state index contributed by atoms with van der Waals surface area (Å²) in [4.78, 5) is 15.9. The summed E-state index contributed by atoms with van der Waals surface area (Å²) in [5.74, 6) is 0. The number of nitrogens with one attached hydrogen (secondary N) is 1. The van der Waals surface area contributed by atoms with Crippen molar-refractivity contribution in [2.24, 2.45) is 0 Å². The van der Waals surface area contributed by atoms with Gasteiger partial charge >= 0.3 is 6.03 Å². The third kappa shape index (κ3) is 2.81. The van der Waals surface area contributed by atoms with E-state index in [4.69, 9.17) is 11.6 Å². The fourth-order valence-corrected chi connectivity index (χ4v) is 4.15. The van der Waals surface area contributed by atoms with E-state index >= 15 is 0 Å². The Morgan fingerprint density at radius 2 is 2.08 bits per heavy atom. The maximum atomic E-state index is 12.9. The number of hydrogen-bond donors (Lipinski definition) is 1. The molecule has 0 saturated carbocycles. The van der Waals surface area contributed by atoms with Crippen LogP contribution in [-0.2, 0) is 6.54 Å². The summed E-state index contributed by atoms with van der Waals surface area (Å²) in [6.45, 7) is 1.46. The fraction of sp³-hybridized carbons (Fsp3) is 0.167. The van der Waals surface area contributed by atoms with Crippen molar-refractivity contribution in [3.8, 4) is 0 Å². The van der Waals surface area contributed by atoms with E-state index in [0.717, 1.165) is 17.1 Å². The van der Waals surface area contributed by atoms with Crippen molar-refractivity contribution in [1.82, 2.24) is 9.47 Å². The predicted molar refractivity (Wildman–Crippen MR) is 97.8 cm³/mol. The molecule has 0 bridgehead atoms. The first-order valence-electron chi connectivity index (χ1n) is 7.74. The lowest BCUT2D eigenvalue weighted by Gasteiger charge is -2.36. The average molecular weight is 358 g/mol. The highest BCUT2D eigenvalue weighted by Crippen LogP contribution is 2.35. The predicted octanol–water partition coefficient (Wildman–Crippen LogP) is 4.84. The minimum absolute atomic E-state index is 0.0621. The van der Waals surface area contributed by atoms with Gasteiger partial charge in [-0.2, -0.15) is 0 Å². The number of hydrogen-bond acceptors (Lipinski definition) is 2. The van der Waals surface area contributed by atoms with Crippen LogP contribution in [0, 0.1) is 0 Å². The molecule has 122 valence electrons. The number of urea groups is 1. The van der Waals surface area contributed by atoms with Crippen LogP contribution in [0.15, 0.2) is 60.1 Å². The molecule has 2 amide bonds. The fourth-order valence-electron chi connectivity index (χ4n) is 3.11. The van der Waals surface area contributed by atoms with Gasteiger partial charge in [-0.1, -0.05) is 23.7 Å². The molecule has 0 fully saturated rings. The van der Waals surface area contributed by atoms with Gasteiger partial charge in [-0.25, -0.2) is 4.79 Å². The van der Waals surface area contributed by atoms with Crippen LogP contribution < -0.4 is 5.32 Å². The van der Waals surface area contributed by atoms with Gasteiger partial charge in [0.05, 0.1) is 0 Å². The molecule has 4 rings (SSSR count). The minimum Gasteiger partial charge on any atom is -0.347 e. The molecule has 2 aromatic heterocycles. The molecule has 3 aromatic rings. The number of rotatable bonds is 2. The molecule has 1 aliphatic heterocycles. The Kier molecular flexibility index (Phi) is 4.04. The number of amides is 2. The molecular weight excluding hydrogens is 342 g/mol. The van der Waals surface area contributed by atoms with E-state index in [1.807, 2.05) is 34.5 Å². The minimum atomic E-state index is -0.108. The van der Waals surface area contributed by atoms with Crippen LogP contribution in [0.25, 0.3) is 0 Å². The number of aromatic nitrogens is 1. The second-order valence-electron chi connectivity index (χ2n) is 5.68. The smallest absolute Gasteiger partial charge is 0.322 e. The topological polar surface area (TPSA) is 37.3 Å². The van der Waals surface area contributed by atoms with Crippen LogP contribution in [-0.4, -0.2) is 22.0 Å². The number of thiophene rings is 1. The van der Waals surface area contributed by atoms with Gasteiger partial charge in [0, 0.05) is 40.6 Å². The van der Waals surface area contributed by atoms with Gasteiger partial charge in [0.2, 0.25) is 0 Å². The molecule has 1 atom stereocenters. The van der Waals surface area contributed by atoms with Crippen molar-refractivity contribution in [3.05, 3.63) is 75.7 Å². The zero-order chi connectivity index (χ0) is 16.5. The molecule has 24 heavy (non-hydrogen) atoms. The van der Waals surface area contributed by atoms with Gasteiger partial charge < -0.3 is 14.8 Å². The summed E-state index contributed by atoms with van der Waals surface area (Å²) in [6, 6.07) is 15.3. The number of halogens is 1. The van der Waals surface area contributed by atoms with Crippen LogP contribution in [0.3, 0.4) is 0 Å². The molecule has 0 radical (unpaired) electrons. The van der Waals surface area contributed by atoms with Gasteiger partial charge in [-0.15, -0.1) is 11.3 Å². The highest BCUT2D eigenvalue weighted by molar-refractivity contribution is 7.10. The summed E-state index contributed by atoms with van der Waals surface area (Å²) in [5.41, 5.74) is 1.85. The number of anilines is 1. The normalized spacial score (nSPS) is 16.7. The SMILES string of the molecule is O=C(Nc1cccc(Cl)c1)N1CCn2cccc2C1c1cccs1. The van der Waals surface area contributed by atoms with E-state index in [9.17, 15) is 4.79 Å². The molecule has 0 saturated heterocycles. The van der Waals surface area contributed by atoms with Gasteiger partial charge in [-0.05, 0) is 41.8 Å². The summed E-state index contributed by atoms with van der Waals surface area (Å²) in [7, 11) is 0. The lowest BCUT2D eigenvalue weighted by molar-refractivity contribution is 0.183. The van der Waals surface area contributed by atoms with Crippen molar-refractivity contribution in [2.75, 3.05) is 11.9 Å². The maximum Gasteiger partial charge on any atom is 0.322 e. The molecule has 1 aromatic carbocycles. The first-order chi connectivity index (χ1) is 11.7. The van der Waals surface area contributed by atoms with Crippen molar-refractivity contribution in [3.63, 3.8) is 0 Å². The molecule has 1 N–H and O–H groups in total. The third-order valence-corrected chi connectivity index (χ3v) is 5.35. The molecule has 0 aliphatic carbocycles. The average Bonchev–Trinajstić information content (AvgIpc) is 3.25. The Hall–Kier alpha value is -2.24. The Morgan fingerprint density at radius 1 is 1.17 bits per heavy atom. The van der Waals surface area contributed by atoms with E-state index < -0.39 is 0 Å². The molecule has 0 spiro atoms. The van der Waals surface area contributed by atoms with Crippen molar-refractivity contribution < 1.29 is 4.79 Å². The van der Waals surface area contributed by atoms with Crippen molar-refractivity contribution in [1.29, 1.82) is 0 Å². The van der Waals surface area contributed by atoms with Gasteiger partial charge in [-0.3, -0.25) is 0 Å². The first-order valence-corrected chi connectivity index (χ1v) is 9.00. The summed E-state index contributed by atoms with van der Waals surface area (Å²) in [6.07, 6.45) is 2.07. The Labute approximate surface area is 149 Å². The van der Waals surface area contributed by atoms with E-state index in [1.165, 1.54) is 0 Å². The number of benzene rings is 1. The summed E-state index contributed by atoms with van der Waals surface area (Å²) in [5, 5.41) is 5.62. The number of carbonyl (C=O) groups excluding carboxylic acids is 1. The van der Waals surface area contributed by atoms with Crippen molar-refractivity contribution in [2.45, 2.75) is 12.6 Å². The highest BCUT2D eigenvalue weighted by atomic mass is 35.5. The van der Waals surface area contributed by atoms with E-state index in [1.54, 1.807) is 23.5 Å². The number of fused-ring (bicyclic) bond motifs is 1. The van der Waals surface area contributed by atoms with E-state index in [0.29, 0.717) is 17.3 Å². The van der Waals surface area contributed by atoms with Crippen LogP contribution in [0.1, 0.15) is 16.6 Å².